The minimum atomic E-state index is -0.423. The molecular weight excluding hydrogens is 250 g/mol. The van der Waals surface area contributed by atoms with E-state index in [1.807, 2.05) is 48.3 Å². The molecule has 0 radical (unpaired) electrons. The molecule has 0 spiro atoms. The number of nitrogens with zero attached hydrogens (tertiary/aromatic N) is 3. The van der Waals surface area contributed by atoms with Gasteiger partial charge < -0.3 is 5.11 Å². The minimum absolute atomic E-state index is 0.391. The topological polar surface area (TPSA) is 41.3 Å². The SMILES string of the molecule is Cn1cc([C@@H]2CCCN2C[C@H](O)c2ccccc2)cn1. The summed E-state index contributed by atoms with van der Waals surface area (Å²) in [5.74, 6) is 0. The molecule has 106 valence electrons. The molecular formula is C16H21N3O. The van der Waals surface area contributed by atoms with Gasteiger partial charge in [-0.15, -0.1) is 0 Å². The second-order valence-electron chi connectivity index (χ2n) is 5.53. The van der Waals surface area contributed by atoms with Crippen LogP contribution < -0.4 is 0 Å². The first kappa shape index (κ1) is 13.3. The van der Waals surface area contributed by atoms with Crippen LogP contribution in [0.1, 0.15) is 36.1 Å². The van der Waals surface area contributed by atoms with E-state index in [0.29, 0.717) is 12.6 Å². The maximum Gasteiger partial charge on any atom is 0.0917 e. The van der Waals surface area contributed by atoms with Crippen LogP contribution in [0.5, 0.6) is 0 Å². The Bertz CT molecular complexity index is 552. The molecule has 1 aromatic carbocycles. The highest BCUT2D eigenvalue weighted by Crippen LogP contribution is 2.33. The minimum Gasteiger partial charge on any atom is -0.387 e. The fourth-order valence-electron chi connectivity index (χ4n) is 3.04. The summed E-state index contributed by atoms with van der Waals surface area (Å²) in [5, 5.41) is 14.6. The monoisotopic (exact) mass is 271 g/mol. The Hall–Kier alpha value is -1.65. The molecule has 20 heavy (non-hydrogen) atoms. The zero-order valence-corrected chi connectivity index (χ0v) is 11.8. The van der Waals surface area contributed by atoms with Gasteiger partial charge in [0.2, 0.25) is 0 Å². The van der Waals surface area contributed by atoms with Crippen molar-refractivity contribution in [3.8, 4) is 0 Å². The molecule has 0 bridgehead atoms. The van der Waals surface area contributed by atoms with E-state index >= 15 is 0 Å². The number of aliphatic hydroxyl groups excluding tert-OH is 1. The summed E-state index contributed by atoms with van der Waals surface area (Å²) in [6, 6.07) is 10.3. The predicted molar refractivity (Wildman–Crippen MR) is 78.2 cm³/mol. The maximum absolute atomic E-state index is 10.4. The first-order chi connectivity index (χ1) is 9.74. The number of hydrogen-bond donors (Lipinski definition) is 1. The van der Waals surface area contributed by atoms with Crippen LogP contribution in [0.3, 0.4) is 0 Å². The Morgan fingerprint density at radius 2 is 2.15 bits per heavy atom. The number of aliphatic hydroxyl groups is 1. The smallest absolute Gasteiger partial charge is 0.0917 e. The predicted octanol–water partition coefficient (Wildman–Crippen LogP) is 2.29. The third kappa shape index (κ3) is 2.76. The Balaban J connectivity index is 1.70. The van der Waals surface area contributed by atoms with Crippen molar-refractivity contribution >= 4 is 0 Å². The number of rotatable bonds is 4. The van der Waals surface area contributed by atoms with Crippen LogP contribution in [-0.2, 0) is 7.05 Å². The largest absolute Gasteiger partial charge is 0.387 e. The number of aryl methyl sites for hydroxylation is 1. The van der Waals surface area contributed by atoms with Crippen molar-refractivity contribution in [2.45, 2.75) is 25.0 Å². The average molecular weight is 271 g/mol. The summed E-state index contributed by atoms with van der Waals surface area (Å²) in [4.78, 5) is 2.37. The number of hydrogen-bond acceptors (Lipinski definition) is 3. The van der Waals surface area contributed by atoms with E-state index in [1.54, 1.807) is 0 Å². The van der Waals surface area contributed by atoms with Gasteiger partial charge in [-0.05, 0) is 24.9 Å². The van der Waals surface area contributed by atoms with Crippen molar-refractivity contribution in [1.82, 2.24) is 14.7 Å². The van der Waals surface area contributed by atoms with E-state index < -0.39 is 6.10 Å². The lowest BCUT2D eigenvalue weighted by molar-refractivity contribution is 0.106. The summed E-state index contributed by atoms with van der Waals surface area (Å²) < 4.78 is 1.85. The Morgan fingerprint density at radius 3 is 2.85 bits per heavy atom. The first-order valence-electron chi connectivity index (χ1n) is 7.19. The van der Waals surface area contributed by atoms with Crippen molar-refractivity contribution in [1.29, 1.82) is 0 Å². The zero-order valence-electron chi connectivity index (χ0n) is 11.8. The van der Waals surface area contributed by atoms with Crippen LogP contribution in [0.15, 0.2) is 42.7 Å². The van der Waals surface area contributed by atoms with Crippen molar-refractivity contribution in [3.63, 3.8) is 0 Å². The van der Waals surface area contributed by atoms with Crippen LogP contribution >= 0.6 is 0 Å². The fourth-order valence-corrected chi connectivity index (χ4v) is 3.04. The van der Waals surface area contributed by atoms with Gasteiger partial charge in [0, 0.05) is 31.4 Å². The summed E-state index contributed by atoms with van der Waals surface area (Å²) in [6.45, 7) is 1.73. The molecule has 3 rings (SSSR count). The molecule has 1 aliphatic heterocycles. The van der Waals surface area contributed by atoms with E-state index in [9.17, 15) is 5.11 Å². The lowest BCUT2D eigenvalue weighted by Gasteiger charge is -2.26. The lowest BCUT2D eigenvalue weighted by Crippen LogP contribution is -2.28. The molecule has 4 nitrogen and oxygen atoms in total. The number of benzene rings is 1. The highest BCUT2D eigenvalue weighted by Gasteiger charge is 2.28. The summed E-state index contributed by atoms with van der Waals surface area (Å²) in [7, 11) is 1.95. The van der Waals surface area contributed by atoms with Gasteiger partial charge in [-0.2, -0.15) is 5.10 Å². The van der Waals surface area contributed by atoms with Gasteiger partial charge in [0.05, 0.1) is 12.3 Å². The normalized spacial score (nSPS) is 21.2. The molecule has 0 unspecified atom stereocenters. The summed E-state index contributed by atoms with van der Waals surface area (Å²) in [5.41, 5.74) is 2.24. The van der Waals surface area contributed by atoms with E-state index in [0.717, 1.165) is 18.5 Å². The molecule has 1 fully saturated rings. The third-order valence-corrected chi connectivity index (χ3v) is 4.07. The van der Waals surface area contributed by atoms with Crippen LogP contribution in [0, 0.1) is 0 Å². The van der Waals surface area contributed by atoms with Crippen LogP contribution in [-0.4, -0.2) is 32.9 Å². The standard InChI is InChI=1S/C16H21N3O/c1-18-11-14(10-17-18)15-8-5-9-19(15)12-16(20)13-6-3-2-4-7-13/h2-4,6-7,10-11,15-16,20H,5,8-9,12H2,1H3/t15-,16-/m0/s1. The highest BCUT2D eigenvalue weighted by molar-refractivity contribution is 5.18. The molecule has 1 aromatic heterocycles. The molecule has 4 heteroatoms. The molecule has 1 N–H and O–H groups in total. The summed E-state index contributed by atoms with van der Waals surface area (Å²) >= 11 is 0. The first-order valence-corrected chi connectivity index (χ1v) is 7.19. The third-order valence-electron chi connectivity index (χ3n) is 4.07. The van der Waals surface area contributed by atoms with Gasteiger partial charge in [-0.25, -0.2) is 0 Å². The summed E-state index contributed by atoms with van der Waals surface area (Å²) in [6.07, 6.45) is 5.93. The van der Waals surface area contributed by atoms with Gasteiger partial charge in [-0.1, -0.05) is 30.3 Å². The fraction of sp³-hybridized carbons (Fsp3) is 0.438. The molecule has 0 amide bonds. The van der Waals surface area contributed by atoms with E-state index in [2.05, 4.69) is 16.2 Å². The van der Waals surface area contributed by atoms with Gasteiger partial charge in [0.1, 0.15) is 0 Å². The molecule has 1 saturated heterocycles. The zero-order chi connectivity index (χ0) is 13.9. The second-order valence-corrected chi connectivity index (χ2v) is 5.53. The molecule has 2 aromatic rings. The number of aromatic nitrogens is 2. The van der Waals surface area contributed by atoms with Crippen LogP contribution in [0.2, 0.25) is 0 Å². The Kier molecular flexibility index (Phi) is 3.85. The Labute approximate surface area is 119 Å². The van der Waals surface area contributed by atoms with E-state index in [-0.39, 0.29) is 0 Å². The van der Waals surface area contributed by atoms with E-state index in [1.165, 1.54) is 12.0 Å². The molecule has 1 aliphatic rings. The molecule has 0 aliphatic carbocycles. The van der Waals surface area contributed by atoms with Gasteiger partial charge in [0.15, 0.2) is 0 Å². The van der Waals surface area contributed by atoms with Crippen LogP contribution in [0.25, 0.3) is 0 Å². The highest BCUT2D eigenvalue weighted by atomic mass is 16.3. The Morgan fingerprint density at radius 1 is 1.35 bits per heavy atom. The van der Waals surface area contributed by atoms with Crippen molar-refractivity contribution in [2.24, 2.45) is 7.05 Å². The average Bonchev–Trinajstić information content (AvgIpc) is 3.08. The lowest BCUT2D eigenvalue weighted by atomic mass is 10.1. The van der Waals surface area contributed by atoms with Gasteiger partial charge in [-0.3, -0.25) is 9.58 Å². The van der Waals surface area contributed by atoms with Gasteiger partial charge >= 0.3 is 0 Å². The maximum atomic E-state index is 10.4. The number of β-amino-alcohol motifs (C(OH)–C–C–N with tert-alkyl or cyclic N) is 1. The van der Waals surface area contributed by atoms with Gasteiger partial charge in [0.25, 0.3) is 0 Å². The number of likely N-dealkylation sites (tertiary alicyclic amines) is 1. The van der Waals surface area contributed by atoms with Crippen molar-refractivity contribution in [2.75, 3.05) is 13.1 Å². The molecule has 2 atom stereocenters. The second kappa shape index (κ2) is 5.77. The van der Waals surface area contributed by atoms with Crippen molar-refractivity contribution in [3.05, 3.63) is 53.9 Å². The quantitative estimate of drug-likeness (QED) is 0.927. The van der Waals surface area contributed by atoms with Crippen molar-refractivity contribution < 1.29 is 5.11 Å². The van der Waals surface area contributed by atoms with Crippen LogP contribution in [0.4, 0.5) is 0 Å². The molecule has 2 heterocycles. The molecule has 0 saturated carbocycles. The van der Waals surface area contributed by atoms with E-state index in [4.69, 9.17) is 0 Å².